The molecule has 3 unspecified atom stereocenters. The summed E-state index contributed by atoms with van der Waals surface area (Å²) in [4.78, 5) is 7.85. The maximum atomic E-state index is 6.80. The zero-order valence-electron chi connectivity index (χ0n) is 28.0. The fourth-order valence-corrected chi connectivity index (χ4v) is 9.77. The van der Waals surface area contributed by atoms with Crippen LogP contribution in [0.15, 0.2) is 156 Å². The van der Waals surface area contributed by atoms with E-state index in [-0.39, 0.29) is 24.7 Å². The van der Waals surface area contributed by atoms with Gasteiger partial charge in [-0.3, -0.25) is 0 Å². The van der Waals surface area contributed by atoms with Crippen LogP contribution in [-0.4, -0.2) is 24.9 Å². The third-order valence-corrected chi connectivity index (χ3v) is 11.6. The first kappa shape index (κ1) is 28.9. The molecule has 1 fully saturated rings. The SMILES string of the molecule is C=C/C=C1/Oc2cccc3c2N(/C1=C/C)C1C=C(N(c2ccccc2)C2CCCCC2)C=C2C1B3C1=C3C(CC=C1)Oc1ccccc1N23. The lowest BCUT2D eigenvalue weighted by atomic mass is 9.27. The summed E-state index contributed by atoms with van der Waals surface area (Å²) in [7, 11) is 0. The molecule has 0 aromatic heterocycles. The summed E-state index contributed by atoms with van der Waals surface area (Å²) in [5, 5.41) is 0. The molecular formula is C43H40BN3O2. The highest BCUT2D eigenvalue weighted by Gasteiger charge is 2.57. The van der Waals surface area contributed by atoms with Crippen LogP contribution < -0.4 is 29.6 Å². The van der Waals surface area contributed by atoms with Gasteiger partial charge in [0.1, 0.15) is 11.9 Å². The number of allylic oxidation sites excluding steroid dienone is 6. The van der Waals surface area contributed by atoms with Gasteiger partial charge in [0.2, 0.25) is 6.71 Å². The number of para-hydroxylation sites is 4. The van der Waals surface area contributed by atoms with E-state index in [1.807, 2.05) is 12.2 Å². The van der Waals surface area contributed by atoms with Gasteiger partial charge in [-0.2, -0.15) is 0 Å². The van der Waals surface area contributed by atoms with Crippen molar-refractivity contribution in [3.05, 3.63) is 156 Å². The molecule has 3 atom stereocenters. The lowest BCUT2D eigenvalue weighted by Crippen LogP contribution is -2.63. The van der Waals surface area contributed by atoms with Crippen LogP contribution >= 0.6 is 0 Å². The van der Waals surface area contributed by atoms with Crippen LogP contribution in [0.1, 0.15) is 45.4 Å². The molecule has 3 aliphatic carbocycles. The molecule has 6 heteroatoms. The van der Waals surface area contributed by atoms with Crippen molar-refractivity contribution in [2.45, 2.75) is 69.5 Å². The fraction of sp³-hybridized carbons (Fsp3) is 0.256. The minimum Gasteiger partial charge on any atom is -0.482 e. The van der Waals surface area contributed by atoms with Gasteiger partial charge in [-0.25, -0.2) is 0 Å². The number of anilines is 3. The Morgan fingerprint density at radius 3 is 2.59 bits per heavy atom. The summed E-state index contributed by atoms with van der Waals surface area (Å²) >= 11 is 0. The molecule has 1 saturated carbocycles. The lowest BCUT2D eigenvalue weighted by molar-refractivity contribution is 0.225. The average Bonchev–Trinajstić information content (AvgIpc) is 3.15. The summed E-state index contributed by atoms with van der Waals surface area (Å²) in [6, 6.07) is 26.8. The van der Waals surface area contributed by atoms with Crippen molar-refractivity contribution in [1.29, 1.82) is 0 Å². The number of hydrogen-bond donors (Lipinski definition) is 0. The molecule has 3 aromatic rings. The normalized spacial score (nSPS) is 26.1. The number of benzene rings is 3. The Hall–Kier alpha value is -5.10. The maximum absolute atomic E-state index is 6.80. The molecule has 10 rings (SSSR count). The quantitative estimate of drug-likeness (QED) is 0.265. The van der Waals surface area contributed by atoms with Crippen molar-refractivity contribution in [1.82, 2.24) is 0 Å². The first-order valence-corrected chi connectivity index (χ1v) is 18.1. The largest absolute Gasteiger partial charge is 0.482 e. The highest BCUT2D eigenvalue weighted by atomic mass is 16.5. The standard InChI is InChI=1S/C43H40BN3O2/c1-3-15-37-33(4-2)46-35-26-30(45(28-16-7-5-8-17-28)29-18-9-6-10-19-29)27-36-41(35)44(31-20-13-24-39(48-37)42(31)46)32-21-14-25-40-43(32)47(36)34-22-11-12-23-38(34)49-40/h3-5,7-8,11-17,20-24,26-27,29,35,40-41H,1,6,9-10,18-19,25H2,2H3/b33-4+,37-15+. The van der Waals surface area contributed by atoms with Crippen LogP contribution in [0.25, 0.3) is 0 Å². The molecular weight excluding hydrogens is 601 g/mol. The Morgan fingerprint density at radius 2 is 1.76 bits per heavy atom. The second-order valence-electron chi connectivity index (χ2n) is 14.1. The van der Waals surface area contributed by atoms with Crippen molar-refractivity contribution in [3.63, 3.8) is 0 Å². The molecule has 0 radical (unpaired) electrons. The summed E-state index contributed by atoms with van der Waals surface area (Å²) < 4.78 is 13.5. The Balaban J connectivity index is 1.28. The van der Waals surface area contributed by atoms with Crippen LogP contribution in [0.2, 0.25) is 5.82 Å². The smallest absolute Gasteiger partial charge is 0.226 e. The van der Waals surface area contributed by atoms with E-state index in [0.717, 1.165) is 35.1 Å². The van der Waals surface area contributed by atoms with Crippen molar-refractivity contribution >= 4 is 29.2 Å². The van der Waals surface area contributed by atoms with Crippen molar-refractivity contribution < 1.29 is 9.47 Å². The lowest BCUT2D eigenvalue weighted by Gasteiger charge is -2.57. The van der Waals surface area contributed by atoms with E-state index in [2.05, 4.69) is 131 Å². The average molecular weight is 642 g/mol. The van der Waals surface area contributed by atoms with Crippen LogP contribution in [0.4, 0.5) is 17.1 Å². The molecule has 5 nitrogen and oxygen atoms in total. The van der Waals surface area contributed by atoms with E-state index in [9.17, 15) is 0 Å². The molecule has 4 heterocycles. The van der Waals surface area contributed by atoms with Crippen LogP contribution in [0.5, 0.6) is 11.5 Å². The van der Waals surface area contributed by atoms with Crippen molar-refractivity contribution in [2.24, 2.45) is 0 Å². The van der Waals surface area contributed by atoms with E-state index in [1.165, 1.54) is 71.5 Å². The molecule has 49 heavy (non-hydrogen) atoms. The van der Waals surface area contributed by atoms with Gasteiger partial charge < -0.3 is 24.2 Å². The number of nitrogens with zero attached hydrogens (tertiary/aromatic N) is 3. The zero-order chi connectivity index (χ0) is 32.6. The monoisotopic (exact) mass is 641 g/mol. The first-order valence-electron chi connectivity index (χ1n) is 18.1. The van der Waals surface area contributed by atoms with Gasteiger partial charge >= 0.3 is 0 Å². The topological polar surface area (TPSA) is 28.2 Å². The Kier molecular flexibility index (Phi) is 6.62. The third kappa shape index (κ3) is 4.19. The highest BCUT2D eigenvalue weighted by molar-refractivity contribution is 6.85. The predicted molar refractivity (Wildman–Crippen MR) is 201 cm³/mol. The van der Waals surface area contributed by atoms with Crippen LogP contribution in [0, 0.1) is 0 Å². The molecule has 0 bridgehead atoms. The fourth-order valence-electron chi connectivity index (χ4n) is 9.77. The Bertz CT molecular complexity index is 2070. The summed E-state index contributed by atoms with van der Waals surface area (Å²) in [6.45, 7) is 6.34. The highest BCUT2D eigenvalue weighted by Crippen LogP contribution is 2.58. The van der Waals surface area contributed by atoms with Crippen LogP contribution in [-0.2, 0) is 0 Å². The van der Waals surface area contributed by atoms with E-state index in [0.29, 0.717) is 6.04 Å². The number of ether oxygens (including phenoxy) is 2. The molecule has 0 amide bonds. The molecule has 4 aliphatic heterocycles. The van der Waals surface area contributed by atoms with E-state index < -0.39 is 0 Å². The number of hydrogen-bond acceptors (Lipinski definition) is 5. The molecule has 0 saturated heterocycles. The van der Waals surface area contributed by atoms with E-state index in [4.69, 9.17) is 9.47 Å². The van der Waals surface area contributed by atoms with Gasteiger partial charge in [-0.05, 0) is 73.8 Å². The van der Waals surface area contributed by atoms with Crippen molar-refractivity contribution in [3.8, 4) is 11.5 Å². The number of fused-ring (bicyclic) bond motifs is 6. The third-order valence-electron chi connectivity index (χ3n) is 11.6. The summed E-state index contributed by atoms with van der Waals surface area (Å²) in [5.74, 6) is 2.87. The molecule has 3 aromatic carbocycles. The molecule has 0 spiro atoms. The molecule has 0 N–H and O–H groups in total. The minimum atomic E-state index is -0.0322. The predicted octanol–water partition coefficient (Wildman–Crippen LogP) is 8.97. The second kappa shape index (κ2) is 11.2. The van der Waals surface area contributed by atoms with Gasteiger partial charge in [0.05, 0.1) is 28.8 Å². The number of rotatable bonds is 4. The maximum Gasteiger partial charge on any atom is 0.226 e. The van der Waals surface area contributed by atoms with E-state index in [1.54, 1.807) is 0 Å². The molecule has 242 valence electrons. The van der Waals surface area contributed by atoms with Gasteiger partial charge in [0, 0.05) is 35.4 Å². The Morgan fingerprint density at radius 1 is 0.939 bits per heavy atom. The van der Waals surface area contributed by atoms with Crippen LogP contribution in [0.3, 0.4) is 0 Å². The van der Waals surface area contributed by atoms with Gasteiger partial charge in [-0.15, -0.1) is 0 Å². The molecule has 7 aliphatic rings. The van der Waals surface area contributed by atoms with Crippen molar-refractivity contribution in [2.75, 3.05) is 14.7 Å². The van der Waals surface area contributed by atoms with Gasteiger partial charge in [-0.1, -0.05) is 98.1 Å². The van der Waals surface area contributed by atoms with E-state index >= 15 is 0 Å². The Labute approximate surface area is 289 Å². The van der Waals surface area contributed by atoms with Gasteiger partial charge in [0.25, 0.3) is 0 Å². The van der Waals surface area contributed by atoms with Gasteiger partial charge in [0.15, 0.2) is 11.5 Å². The second-order valence-corrected chi connectivity index (χ2v) is 14.1. The minimum absolute atomic E-state index is 0.0322. The summed E-state index contributed by atoms with van der Waals surface area (Å²) in [5.41, 5.74) is 11.3. The zero-order valence-corrected chi connectivity index (χ0v) is 28.0. The first-order chi connectivity index (χ1) is 24.2. The summed E-state index contributed by atoms with van der Waals surface area (Å²) in [6.07, 6.45) is 23.0.